The molecule has 1 fully saturated rings. The van der Waals surface area contributed by atoms with Crippen LogP contribution in [0.25, 0.3) is 0 Å². The van der Waals surface area contributed by atoms with Crippen LogP contribution < -0.4 is 4.74 Å². The number of nitrogens with zero attached hydrogens (tertiary/aromatic N) is 1. The maximum Gasteiger partial charge on any atom is 0.254 e. The van der Waals surface area contributed by atoms with Crippen LogP contribution in [0.15, 0.2) is 22.7 Å². The molecule has 86 valence electrons. The lowest BCUT2D eigenvalue weighted by molar-refractivity contribution is 0.0826. The van der Waals surface area contributed by atoms with Gasteiger partial charge in [0.1, 0.15) is 5.75 Å². The van der Waals surface area contributed by atoms with Crippen molar-refractivity contribution in [3.63, 3.8) is 0 Å². The molecular weight excluding hydrogens is 270 g/mol. The Labute approximate surface area is 104 Å². The highest BCUT2D eigenvalue weighted by Gasteiger charge is 2.24. The average Bonchev–Trinajstić information content (AvgIpc) is 3.01. The van der Waals surface area contributed by atoms with Crippen LogP contribution in [0.2, 0.25) is 0 Å². The van der Waals surface area contributed by atoms with Crippen molar-refractivity contribution >= 4 is 21.8 Å². The van der Waals surface area contributed by atoms with Crippen LogP contribution >= 0.6 is 15.9 Å². The quantitative estimate of drug-likeness (QED) is 0.854. The Kier molecular flexibility index (Phi) is 3.19. The second-order valence-electron chi connectivity index (χ2n) is 4.16. The van der Waals surface area contributed by atoms with Crippen LogP contribution in [-0.2, 0) is 0 Å². The summed E-state index contributed by atoms with van der Waals surface area (Å²) < 4.78 is 6.43. The van der Waals surface area contributed by atoms with Crippen molar-refractivity contribution in [2.24, 2.45) is 0 Å². The summed E-state index contributed by atoms with van der Waals surface area (Å²) in [6.07, 6.45) is 2.65. The number of ether oxygens (including phenoxy) is 1. The van der Waals surface area contributed by atoms with Crippen LogP contribution in [-0.4, -0.2) is 31.0 Å². The first-order valence-electron chi connectivity index (χ1n) is 5.26. The highest BCUT2D eigenvalue weighted by molar-refractivity contribution is 9.10. The van der Waals surface area contributed by atoms with E-state index in [1.807, 2.05) is 12.1 Å². The van der Waals surface area contributed by atoms with Gasteiger partial charge in [-0.05, 0) is 47.0 Å². The largest absolute Gasteiger partial charge is 0.490 e. The van der Waals surface area contributed by atoms with E-state index in [0.717, 1.165) is 23.1 Å². The lowest BCUT2D eigenvalue weighted by atomic mass is 10.2. The number of amides is 1. The molecule has 0 unspecified atom stereocenters. The third-order valence-corrected chi connectivity index (χ3v) is 3.06. The standard InChI is InChI=1S/C12H14BrNO2/c1-14(2)12(15)10-6-5-9(7-11(10)13)16-8-3-4-8/h5-8H,3-4H2,1-2H3. The molecule has 2 rings (SSSR count). The molecule has 0 spiro atoms. The van der Waals surface area contributed by atoms with Crippen LogP contribution in [0.4, 0.5) is 0 Å². The zero-order valence-corrected chi connectivity index (χ0v) is 11.0. The van der Waals surface area contributed by atoms with Gasteiger partial charge in [-0.2, -0.15) is 0 Å². The first kappa shape index (κ1) is 11.5. The molecule has 0 N–H and O–H groups in total. The Bertz CT molecular complexity index is 413. The summed E-state index contributed by atoms with van der Waals surface area (Å²) >= 11 is 3.40. The van der Waals surface area contributed by atoms with E-state index in [2.05, 4.69) is 15.9 Å². The number of carbonyl (C=O) groups excluding carboxylic acids is 1. The van der Waals surface area contributed by atoms with Gasteiger partial charge in [0, 0.05) is 18.6 Å². The van der Waals surface area contributed by atoms with Gasteiger partial charge in [0.25, 0.3) is 5.91 Å². The van der Waals surface area contributed by atoms with E-state index in [9.17, 15) is 4.79 Å². The molecule has 4 heteroatoms. The fraction of sp³-hybridized carbons (Fsp3) is 0.417. The van der Waals surface area contributed by atoms with Crippen LogP contribution in [0, 0.1) is 0 Å². The maximum absolute atomic E-state index is 11.8. The summed E-state index contributed by atoms with van der Waals surface area (Å²) in [7, 11) is 3.48. The van der Waals surface area contributed by atoms with Crippen molar-refractivity contribution < 1.29 is 9.53 Å². The Hall–Kier alpha value is -1.03. The van der Waals surface area contributed by atoms with E-state index < -0.39 is 0 Å². The van der Waals surface area contributed by atoms with Crippen LogP contribution in [0.3, 0.4) is 0 Å². The lowest BCUT2D eigenvalue weighted by Crippen LogP contribution is -2.22. The minimum Gasteiger partial charge on any atom is -0.490 e. The molecule has 1 aliphatic carbocycles. The zero-order valence-electron chi connectivity index (χ0n) is 9.37. The van der Waals surface area contributed by atoms with E-state index in [-0.39, 0.29) is 5.91 Å². The Morgan fingerprint density at radius 3 is 2.62 bits per heavy atom. The first-order valence-corrected chi connectivity index (χ1v) is 6.05. The van der Waals surface area contributed by atoms with E-state index in [0.29, 0.717) is 11.7 Å². The average molecular weight is 284 g/mol. The van der Waals surface area contributed by atoms with Gasteiger partial charge in [-0.15, -0.1) is 0 Å². The molecule has 0 aliphatic heterocycles. The van der Waals surface area contributed by atoms with Gasteiger partial charge in [0.05, 0.1) is 11.7 Å². The maximum atomic E-state index is 11.8. The third-order valence-electron chi connectivity index (χ3n) is 2.40. The second kappa shape index (κ2) is 4.45. The van der Waals surface area contributed by atoms with Gasteiger partial charge in [-0.1, -0.05) is 0 Å². The molecular formula is C12H14BrNO2. The Morgan fingerprint density at radius 2 is 2.12 bits per heavy atom. The number of hydrogen-bond acceptors (Lipinski definition) is 2. The molecule has 1 aromatic carbocycles. The topological polar surface area (TPSA) is 29.5 Å². The van der Waals surface area contributed by atoms with Gasteiger partial charge in [0.2, 0.25) is 0 Å². The van der Waals surface area contributed by atoms with E-state index >= 15 is 0 Å². The summed E-state index contributed by atoms with van der Waals surface area (Å²) in [5.41, 5.74) is 0.660. The normalized spacial score (nSPS) is 14.7. The third kappa shape index (κ3) is 2.55. The van der Waals surface area contributed by atoms with Gasteiger partial charge in [0.15, 0.2) is 0 Å². The van der Waals surface area contributed by atoms with Crippen molar-refractivity contribution in [2.45, 2.75) is 18.9 Å². The fourth-order valence-corrected chi connectivity index (χ4v) is 1.89. The van der Waals surface area contributed by atoms with Gasteiger partial charge < -0.3 is 9.64 Å². The van der Waals surface area contributed by atoms with E-state index in [1.165, 1.54) is 0 Å². The minimum absolute atomic E-state index is 0.00940. The summed E-state index contributed by atoms with van der Waals surface area (Å²) in [5.74, 6) is 0.814. The highest BCUT2D eigenvalue weighted by atomic mass is 79.9. The molecule has 1 aliphatic rings. The molecule has 0 heterocycles. The molecule has 0 saturated heterocycles. The van der Waals surface area contributed by atoms with Crippen LogP contribution in [0.5, 0.6) is 5.75 Å². The molecule has 3 nitrogen and oxygen atoms in total. The molecule has 0 bridgehead atoms. The number of rotatable bonds is 3. The molecule has 1 aromatic rings. The predicted octanol–water partition coefficient (Wildman–Crippen LogP) is 2.69. The van der Waals surface area contributed by atoms with Crippen LogP contribution in [0.1, 0.15) is 23.2 Å². The van der Waals surface area contributed by atoms with Crippen molar-refractivity contribution in [1.29, 1.82) is 0 Å². The fourth-order valence-electron chi connectivity index (χ4n) is 1.36. The van der Waals surface area contributed by atoms with Crippen molar-refractivity contribution in [3.8, 4) is 5.75 Å². The van der Waals surface area contributed by atoms with Gasteiger partial charge in [-0.3, -0.25) is 4.79 Å². The molecule has 0 atom stereocenters. The molecule has 1 amide bonds. The first-order chi connectivity index (χ1) is 7.58. The number of halogens is 1. The molecule has 16 heavy (non-hydrogen) atoms. The zero-order chi connectivity index (χ0) is 11.7. The summed E-state index contributed by atoms with van der Waals surface area (Å²) in [5, 5.41) is 0. The van der Waals surface area contributed by atoms with Crippen molar-refractivity contribution in [3.05, 3.63) is 28.2 Å². The molecule has 0 radical (unpaired) electrons. The number of benzene rings is 1. The Morgan fingerprint density at radius 1 is 1.44 bits per heavy atom. The Balaban J connectivity index is 2.18. The van der Waals surface area contributed by atoms with Gasteiger partial charge in [-0.25, -0.2) is 0 Å². The number of hydrogen-bond donors (Lipinski definition) is 0. The summed E-state index contributed by atoms with van der Waals surface area (Å²) in [4.78, 5) is 13.3. The SMILES string of the molecule is CN(C)C(=O)c1ccc(OC2CC2)cc1Br. The molecule has 1 saturated carbocycles. The van der Waals surface area contributed by atoms with Crippen molar-refractivity contribution in [2.75, 3.05) is 14.1 Å². The minimum atomic E-state index is -0.00940. The van der Waals surface area contributed by atoms with E-state index in [4.69, 9.17) is 4.74 Å². The van der Waals surface area contributed by atoms with Crippen molar-refractivity contribution in [1.82, 2.24) is 4.90 Å². The smallest absolute Gasteiger partial charge is 0.254 e. The summed E-state index contributed by atoms with van der Waals surface area (Å²) in [6, 6.07) is 5.50. The number of carbonyl (C=O) groups is 1. The van der Waals surface area contributed by atoms with E-state index in [1.54, 1.807) is 25.1 Å². The lowest BCUT2D eigenvalue weighted by Gasteiger charge is -2.12. The summed E-state index contributed by atoms with van der Waals surface area (Å²) in [6.45, 7) is 0. The predicted molar refractivity (Wildman–Crippen MR) is 65.8 cm³/mol. The highest BCUT2D eigenvalue weighted by Crippen LogP contribution is 2.30. The second-order valence-corrected chi connectivity index (χ2v) is 5.01. The van der Waals surface area contributed by atoms with Gasteiger partial charge >= 0.3 is 0 Å². The monoisotopic (exact) mass is 283 g/mol. The molecule has 0 aromatic heterocycles.